The van der Waals surface area contributed by atoms with Crippen molar-refractivity contribution in [2.24, 2.45) is 0 Å². The first-order valence-corrected chi connectivity index (χ1v) is 11.1. The smallest absolute Gasteiger partial charge is 0.225 e. The van der Waals surface area contributed by atoms with Crippen LogP contribution >= 0.6 is 0 Å². The minimum absolute atomic E-state index is 0.120. The standard InChI is InChI=1S/C19H24N4O2S/c24-26(25)11-10-16(13-26)21-19-22-17(14-6-2-1-3-7-14)12-18(23-19)20-15-8-4-5-9-15/h1-3,6-7,12,15-16H,4-5,8-11,13H2,(H2,20,21,22,23). The van der Waals surface area contributed by atoms with Gasteiger partial charge in [0.15, 0.2) is 9.84 Å². The van der Waals surface area contributed by atoms with E-state index in [1.54, 1.807) is 0 Å². The summed E-state index contributed by atoms with van der Waals surface area (Å²) in [6, 6.07) is 12.3. The molecule has 1 aromatic carbocycles. The van der Waals surface area contributed by atoms with Crippen molar-refractivity contribution in [3.63, 3.8) is 0 Å². The maximum atomic E-state index is 11.7. The van der Waals surface area contributed by atoms with Crippen molar-refractivity contribution in [3.05, 3.63) is 36.4 Å². The van der Waals surface area contributed by atoms with E-state index in [2.05, 4.69) is 20.6 Å². The summed E-state index contributed by atoms with van der Waals surface area (Å²) < 4.78 is 23.4. The summed E-state index contributed by atoms with van der Waals surface area (Å²) in [4.78, 5) is 9.24. The molecule has 4 rings (SSSR count). The number of anilines is 2. The van der Waals surface area contributed by atoms with Gasteiger partial charge in [-0.15, -0.1) is 0 Å². The van der Waals surface area contributed by atoms with Crippen LogP contribution in [0.4, 0.5) is 11.8 Å². The molecule has 1 saturated carbocycles. The van der Waals surface area contributed by atoms with E-state index < -0.39 is 9.84 Å². The van der Waals surface area contributed by atoms with Crippen LogP contribution in [-0.2, 0) is 9.84 Å². The second-order valence-electron chi connectivity index (χ2n) is 7.20. The molecule has 7 heteroatoms. The lowest BCUT2D eigenvalue weighted by Gasteiger charge is -2.17. The summed E-state index contributed by atoms with van der Waals surface area (Å²) in [5, 5.41) is 6.75. The summed E-state index contributed by atoms with van der Waals surface area (Å²) in [6.07, 6.45) is 5.42. The first-order chi connectivity index (χ1) is 12.6. The third kappa shape index (κ3) is 4.15. The highest BCUT2D eigenvalue weighted by Crippen LogP contribution is 2.26. The highest BCUT2D eigenvalue weighted by molar-refractivity contribution is 7.91. The highest BCUT2D eigenvalue weighted by atomic mass is 32.2. The van der Waals surface area contributed by atoms with E-state index in [0.717, 1.165) is 29.9 Å². The van der Waals surface area contributed by atoms with Crippen LogP contribution in [0.1, 0.15) is 32.1 Å². The average molecular weight is 372 g/mol. The van der Waals surface area contributed by atoms with Crippen molar-refractivity contribution < 1.29 is 8.42 Å². The Morgan fingerprint density at radius 2 is 1.69 bits per heavy atom. The Balaban J connectivity index is 1.61. The predicted molar refractivity (Wildman–Crippen MR) is 104 cm³/mol. The van der Waals surface area contributed by atoms with Gasteiger partial charge in [0, 0.05) is 23.7 Å². The van der Waals surface area contributed by atoms with E-state index in [9.17, 15) is 8.42 Å². The first kappa shape index (κ1) is 17.3. The molecule has 0 spiro atoms. The van der Waals surface area contributed by atoms with Crippen LogP contribution in [0.2, 0.25) is 0 Å². The van der Waals surface area contributed by atoms with Crippen molar-refractivity contribution in [3.8, 4) is 11.3 Å². The molecule has 26 heavy (non-hydrogen) atoms. The molecule has 2 heterocycles. The third-order valence-corrected chi connectivity index (χ3v) is 6.84. The van der Waals surface area contributed by atoms with Gasteiger partial charge in [0.25, 0.3) is 0 Å². The summed E-state index contributed by atoms with van der Waals surface area (Å²) in [5.74, 6) is 1.68. The van der Waals surface area contributed by atoms with Crippen molar-refractivity contribution in [2.45, 2.75) is 44.2 Å². The molecule has 0 radical (unpaired) electrons. The van der Waals surface area contributed by atoms with Gasteiger partial charge in [-0.05, 0) is 19.3 Å². The lowest BCUT2D eigenvalue weighted by molar-refractivity contribution is 0.602. The van der Waals surface area contributed by atoms with Crippen molar-refractivity contribution >= 4 is 21.6 Å². The molecular weight excluding hydrogens is 348 g/mol. The zero-order valence-corrected chi connectivity index (χ0v) is 15.5. The largest absolute Gasteiger partial charge is 0.367 e. The van der Waals surface area contributed by atoms with Crippen LogP contribution in [0.15, 0.2) is 36.4 Å². The van der Waals surface area contributed by atoms with Gasteiger partial charge in [-0.2, -0.15) is 4.98 Å². The van der Waals surface area contributed by atoms with Gasteiger partial charge in [-0.25, -0.2) is 13.4 Å². The van der Waals surface area contributed by atoms with Crippen molar-refractivity contribution in [1.29, 1.82) is 0 Å². The Morgan fingerprint density at radius 3 is 2.38 bits per heavy atom. The molecule has 0 bridgehead atoms. The molecule has 1 aliphatic heterocycles. The Labute approximate surface area is 154 Å². The Morgan fingerprint density at radius 1 is 0.923 bits per heavy atom. The lowest BCUT2D eigenvalue weighted by Crippen LogP contribution is -2.23. The van der Waals surface area contributed by atoms with Crippen LogP contribution in [0, 0.1) is 0 Å². The zero-order valence-electron chi connectivity index (χ0n) is 14.7. The number of rotatable bonds is 5. The number of nitrogens with one attached hydrogen (secondary N) is 2. The summed E-state index contributed by atoms with van der Waals surface area (Å²) in [6.45, 7) is 0. The van der Waals surface area contributed by atoms with Crippen molar-refractivity contribution in [1.82, 2.24) is 9.97 Å². The minimum Gasteiger partial charge on any atom is -0.367 e. The molecule has 1 saturated heterocycles. The molecule has 1 atom stereocenters. The molecule has 138 valence electrons. The number of hydrogen-bond donors (Lipinski definition) is 2. The molecule has 2 aromatic rings. The van der Waals surface area contributed by atoms with Crippen LogP contribution in [0.5, 0.6) is 0 Å². The molecule has 1 aromatic heterocycles. The molecule has 2 N–H and O–H groups in total. The predicted octanol–water partition coefficient (Wildman–Crippen LogP) is 3.10. The van der Waals surface area contributed by atoms with Gasteiger partial charge in [0.1, 0.15) is 5.82 Å². The molecule has 2 fully saturated rings. The molecular formula is C19H24N4O2S. The zero-order chi connectivity index (χ0) is 18.0. The Hall–Kier alpha value is -2.15. The topological polar surface area (TPSA) is 84.0 Å². The first-order valence-electron chi connectivity index (χ1n) is 9.25. The van der Waals surface area contributed by atoms with E-state index in [1.165, 1.54) is 12.8 Å². The normalized spacial score (nSPS) is 22.4. The molecule has 1 aliphatic carbocycles. The monoisotopic (exact) mass is 372 g/mol. The molecule has 2 aliphatic rings. The van der Waals surface area contributed by atoms with E-state index in [4.69, 9.17) is 0 Å². The summed E-state index contributed by atoms with van der Waals surface area (Å²) in [7, 11) is -2.94. The maximum absolute atomic E-state index is 11.7. The van der Waals surface area contributed by atoms with Crippen LogP contribution < -0.4 is 10.6 Å². The fourth-order valence-electron chi connectivity index (χ4n) is 3.71. The second-order valence-corrected chi connectivity index (χ2v) is 9.43. The van der Waals surface area contributed by atoms with E-state index in [0.29, 0.717) is 18.4 Å². The van der Waals surface area contributed by atoms with Crippen LogP contribution in [0.25, 0.3) is 11.3 Å². The maximum Gasteiger partial charge on any atom is 0.225 e. The van der Waals surface area contributed by atoms with E-state index in [-0.39, 0.29) is 17.5 Å². The molecule has 1 unspecified atom stereocenters. The highest BCUT2D eigenvalue weighted by Gasteiger charge is 2.28. The Bertz CT molecular complexity index is 864. The fourth-order valence-corrected chi connectivity index (χ4v) is 5.39. The quantitative estimate of drug-likeness (QED) is 0.839. The second kappa shape index (κ2) is 7.23. The number of sulfone groups is 1. The van der Waals surface area contributed by atoms with E-state index >= 15 is 0 Å². The number of hydrogen-bond acceptors (Lipinski definition) is 6. The van der Waals surface area contributed by atoms with E-state index in [1.807, 2.05) is 36.4 Å². The fraction of sp³-hybridized carbons (Fsp3) is 0.474. The van der Waals surface area contributed by atoms with Gasteiger partial charge < -0.3 is 10.6 Å². The van der Waals surface area contributed by atoms with Crippen molar-refractivity contribution in [2.75, 3.05) is 22.1 Å². The number of aromatic nitrogens is 2. The van der Waals surface area contributed by atoms with Crippen LogP contribution in [0.3, 0.4) is 0 Å². The number of benzene rings is 1. The Kier molecular flexibility index (Phi) is 4.80. The summed E-state index contributed by atoms with van der Waals surface area (Å²) >= 11 is 0. The minimum atomic E-state index is -2.94. The average Bonchev–Trinajstić information content (AvgIpc) is 3.25. The molecule has 6 nitrogen and oxygen atoms in total. The SMILES string of the molecule is O=S1(=O)CCC(Nc2nc(NC3CCCC3)cc(-c3ccccc3)n2)C1. The number of nitrogens with zero attached hydrogens (tertiary/aromatic N) is 2. The van der Waals surface area contributed by atoms with Gasteiger partial charge in [0.2, 0.25) is 5.95 Å². The third-order valence-electron chi connectivity index (χ3n) is 5.07. The summed E-state index contributed by atoms with van der Waals surface area (Å²) in [5.41, 5.74) is 1.86. The van der Waals surface area contributed by atoms with Gasteiger partial charge >= 0.3 is 0 Å². The van der Waals surface area contributed by atoms with Gasteiger partial charge in [0.05, 0.1) is 17.2 Å². The van der Waals surface area contributed by atoms with Crippen LogP contribution in [-0.4, -0.2) is 42.0 Å². The van der Waals surface area contributed by atoms with Gasteiger partial charge in [-0.3, -0.25) is 0 Å². The molecule has 0 amide bonds. The van der Waals surface area contributed by atoms with Gasteiger partial charge in [-0.1, -0.05) is 43.2 Å². The lowest BCUT2D eigenvalue weighted by atomic mass is 10.1.